The molecule has 1 aromatic heterocycles. The molecule has 1 spiro atoms. The topological polar surface area (TPSA) is 50.5 Å². The van der Waals surface area contributed by atoms with E-state index in [1.165, 1.54) is 5.69 Å². The van der Waals surface area contributed by atoms with Crippen LogP contribution in [0.1, 0.15) is 51.3 Å². The highest BCUT2D eigenvalue weighted by atomic mass is 16.5. The number of aliphatic hydroxyl groups excluding tert-OH is 1. The molecule has 2 aliphatic rings. The van der Waals surface area contributed by atoms with Crippen LogP contribution < -0.4 is 0 Å². The maximum Gasteiger partial charge on any atom is 0.0964 e. The summed E-state index contributed by atoms with van der Waals surface area (Å²) in [6.45, 7) is 8.03. The largest absolute Gasteiger partial charge is 0.390 e. The minimum absolute atomic E-state index is 0.271. The molecule has 118 valence electrons. The van der Waals surface area contributed by atoms with E-state index in [4.69, 9.17) is 4.74 Å². The zero-order valence-electron chi connectivity index (χ0n) is 13.2. The summed E-state index contributed by atoms with van der Waals surface area (Å²) in [5.74, 6) is 0. The molecule has 0 aliphatic carbocycles. The number of likely N-dealkylation sites (tertiary alicyclic amines) is 1. The maximum absolute atomic E-state index is 10.3. The smallest absolute Gasteiger partial charge is 0.0964 e. The third-order valence-electron chi connectivity index (χ3n) is 4.95. The molecule has 1 atom stereocenters. The molecule has 5 nitrogen and oxygen atoms in total. The normalized spacial score (nSPS) is 26.6. The number of aliphatic hydroxyl groups is 1. The van der Waals surface area contributed by atoms with Crippen LogP contribution in [0.15, 0.2) is 12.3 Å². The predicted octanol–water partition coefficient (Wildman–Crippen LogP) is 1.97. The van der Waals surface area contributed by atoms with Gasteiger partial charge in [-0.3, -0.25) is 9.58 Å². The first-order valence-corrected chi connectivity index (χ1v) is 8.17. The number of aromatic nitrogens is 2. The number of hydrogen-bond acceptors (Lipinski definition) is 4. The molecule has 0 saturated carbocycles. The predicted molar refractivity (Wildman–Crippen MR) is 81.0 cm³/mol. The van der Waals surface area contributed by atoms with Crippen molar-refractivity contribution in [2.75, 3.05) is 19.7 Å². The van der Waals surface area contributed by atoms with E-state index in [0.29, 0.717) is 6.04 Å². The van der Waals surface area contributed by atoms with E-state index in [9.17, 15) is 5.11 Å². The van der Waals surface area contributed by atoms with Crippen LogP contribution in [0.5, 0.6) is 0 Å². The minimum Gasteiger partial charge on any atom is -0.390 e. The molecule has 0 bridgehead atoms. The van der Waals surface area contributed by atoms with Gasteiger partial charge in [0.05, 0.1) is 17.4 Å². The Bertz CT molecular complexity index is 464. The minimum atomic E-state index is -0.283. The molecule has 5 heteroatoms. The zero-order valence-corrected chi connectivity index (χ0v) is 13.2. The first kappa shape index (κ1) is 15.0. The van der Waals surface area contributed by atoms with Crippen molar-refractivity contribution in [3.63, 3.8) is 0 Å². The summed E-state index contributed by atoms with van der Waals surface area (Å²) in [5.41, 5.74) is 0.999. The molecule has 3 rings (SSSR count). The molecule has 0 aromatic carbocycles. The summed E-state index contributed by atoms with van der Waals surface area (Å²) >= 11 is 0. The van der Waals surface area contributed by atoms with Crippen molar-refractivity contribution < 1.29 is 9.84 Å². The summed E-state index contributed by atoms with van der Waals surface area (Å²) in [4.78, 5) is 2.45. The standard InChI is InChI=1S/C16H27N3O2/c1-13(2)19-14(5-8-17-19)12-18-9-6-16(7-10-18)15(20)4-3-11-21-16/h5,8,13,15,20H,3-4,6-7,9-12H2,1-2H3/t15-/m1/s1. The third-order valence-corrected chi connectivity index (χ3v) is 4.95. The fourth-order valence-electron chi connectivity index (χ4n) is 3.64. The van der Waals surface area contributed by atoms with Gasteiger partial charge in [0.15, 0.2) is 0 Å². The van der Waals surface area contributed by atoms with Crippen molar-refractivity contribution in [2.45, 2.75) is 63.8 Å². The highest BCUT2D eigenvalue weighted by molar-refractivity contribution is 5.03. The van der Waals surface area contributed by atoms with E-state index < -0.39 is 0 Å². The molecule has 21 heavy (non-hydrogen) atoms. The summed E-state index contributed by atoms with van der Waals surface area (Å²) < 4.78 is 8.06. The van der Waals surface area contributed by atoms with Crippen LogP contribution in [0.25, 0.3) is 0 Å². The fraction of sp³-hybridized carbons (Fsp3) is 0.812. The van der Waals surface area contributed by atoms with Crippen molar-refractivity contribution in [3.05, 3.63) is 18.0 Å². The van der Waals surface area contributed by atoms with E-state index in [0.717, 1.165) is 51.9 Å². The van der Waals surface area contributed by atoms with Crippen molar-refractivity contribution in [1.82, 2.24) is 14.7 Å². The molecule has 1 aromatic rings. The first-order chi connectivity index (χ1) is 10.1. The van der Waals surface area contributed by atoms with Crippen molar-refractivity contribution in [1.29, 1.82) is 0 Å². The summed E-state index contributed by atoms with van der Waals surface area (Å²) in [6.07, 6.45) is 5.35. The quantitative estimate of drug-likeness (QED) is 0.926. The highest BCUT2D eigenvalue weighted by Crippen LogP contribution is 2.35. The van der Waals surface area contributed by atoms with Crippen molar-refractivity contribution in [3.8, 4) is 0 Å². The second kappa shape index (κ2) is 6.07. The number of ether oxygens (including phenoxy) is 1. The van der Waals surface area contributed by atoms with Gasteiger partial charge in [0.25, 0.3) is 0 Å². The first-order valence-electron chi connectivity index (χ1n) is 8.17. The van der Waals surface area contributed by atoms with Crippen LogP contribution in [0.2, 0.25) is 0 Å². The van der Waals surface area contributed by atoms with Crippen LogP contribution in [0.3, 0.4) is 0 Å². The van der Waals surface area contributed by atoms with Gasteiger partial charge in [-0.05, 0) is 45.6 Å². The third kappa shape index (κ3) is 3.00. The van der Waals surface area contributed by atoms with E-state index in [2.05, 4.69) is 34.6 Å². The molecular weight excluding hydrogens is 266 g/mol. The van der Waals surface area contributed by atoms with E-state index in [1.807, 2.05) is 6.20 Å². The second-order valence-electron chi connectivity index (χ2n) is 6.71. The lowest BCUT2D eigenvalue weighted by Gasteiger charge is -2.46. The Labute approximate surface area is 126 Å². The van der Waals surface area contributed by atoms with Crippen LogP contribution in [0.4, 0.5) is 0 Å². The Balaban J connectivity index is 1.60. The number of hydrogen-bond donors (Lipinski definition) is 1. The highest BCUT2D eigenvalue weighted by Gasteiger charge is 2.43. The van der Waals surface area contributed by atoms with Gasteiger partial charge in [-0.25, -0.2) is 0 Å². The van der Waals surface area contributed by atoms with Gasteiger partial charge in [0.1, 0.15) is 0 Å². The van der Waals surface area contributed by atoms with Gasteiger partial charge < -0.3 is 9.84 Å². The van der Waals surface area contributed by atoms with Crippen LogP contribution in [-0.4, -0.2) is 51.2 Å². The number of rotatable bonds is 3. The summed E-state index contributed by atoms with van der Waals surface area (Å²) in [6, 6.07) is 2.51. The van der Waals surface area contributed by atoms with Gasteiger partial charge >= 0.3 is 0 Å². The van der Waals surface area contributed by atoms with Crippen LogP contribution in [-0.2, 0) is 11.3 Å². The van der Waals surface area contributed by atoms with Gasteiger partial charge in [-0.2, -0.15) is 5.10 Å². The summed E-state index contributed by atoms with van der Waals surface area (Å²) in [7, 11) is 0. The second-order valence-corrected chi connectivity index (χ2v) is 6.71. The fourth-order valence-corrected chi connectivity index (χ4v) is 3.64. The van der Waals surface area contributed by atoms with Crippen LogP contribution in [0, 0.1) is 0 Å². The van der Waals surface area contributed by atoms with Gasteiger partial charge in [0.2, 0.25) is 0 Å². The van der Waals surface area contributed by atoms with E-state index in [1.54, 1.807) is 0 Å². The maximum atomic E-state index is 10.3. The molecule has 0 amide bonds. The van der Waals surface area contributed by atoms with E-state index >= 15 is 0 Å². The molecule has 0 radical (unpaired) electrons. The summed E-state index contributed by atoms with van der Waals surface area (Å²) in [5, 5.41) is 14.7. The average molecular weight is 293 g/mol. The zero-order chi connectivity index (χ0) is 14.9. The molecule has 2 saturated heterocycles. The molecule has 0 unspecified atom stereocenters. The molecule has 2 fully saturated rings. The average Bonchev–Trinajstić information content (AvgIpc) is 2.93. The monoisotopic (exact) mass is 293 g/mol. The Kier molecular flexibility index (Phi) is 4.33. The number of nitrogens with zero attached hydrogens (tertiary/aromatic N) is 3. The Hall–Kier alpha value is -0.910. The van der Waals surface area contributed by atoms with Crippen LogP contribution >= 0.6 is 0 Å². The lowest BCUT2D eigenvalue weighted by atomic mass is 9.82. The van der Waals surface area contributed by atoms with Gasteiger partial charge in [-0.1, -0.05) is 0 Å². The molecular formula is C16H27N3O2. The number of piperidine rings is 1. The van der Waals surface area contributed by atoms with E-state index in [-0.39, 0.29) is 11.7 Å². The van der Waals surface area contributed by atoms with Crippen molar-refractivity contribution in [2.24, 2.45) is 0 Å². The lowest BCUT2D eigenvalue weighted by molar-refractivity contribution is -0.177. The Morgan fingerprint density at radius 1 is 1.43 bits per heavy atom. The van der Waals surface area contributed by atoms with Gasteiger partial charge in [0, 0.05) is 38.5 Å². The van der Waals surface area contributed by atoms with Crippen molar-refractivity contribution >= 4 is 0 Å². The Morgan fingerprint density at radius 2 is 2.19 bits per heavy atom. The molecule has 2 aliphatic heterocycles. The SMILES string of the molecule is CC(C)n1nccc1CN1CCC2(CC1)OCCC[C@H]2O. The Morgan fingerprint density at radius 3 is 2.86 bits per heavy atom. The lowest BCUT2D eigenvalue weighted by Crippen LogP contribution is -2.55. The molecule has 1 N–H and O–H groups in total. The van der Waals surface area contributed by atoms with Gasteiger partial charge in [-0.15, -0.1) is 0 Å². The molecule has 3 heterocycles.